The van der Waals surface area contributed by atoms with Gasteiger partial charge in [0, 0.05) is 54.7 Å². The fourth-order valence-electron chi connectivity index (χ4n) is 5.09. The van der Waals surface area contributed by atoms with Crippen molar-refractivity contribution < 1.29 is 4.39 Å². The molecule has 1 aliphatic heterocycles. The highest BCUT2D eigenvalue weighted by atomic mass is 19.1. The zero-order chi connectivity index (χ0) is 27.8. The van der Waals surface area contributed by atoms with E-state index in [0.717, 1.165) is 23.3 Å². The number of aliphatic imine (C=N–C) groups is 1. The third-order valence-electron chi connectivity index (χ3n) is 7.05. The maximum atomic E-state index is 16.4. The van der Waals surface area contributed by atoms with Gasteiger partial charge in [0.15, 0.2) is 11.6 Å². The molecule has 0 saturated heterocycles. The Labute approximate surface area is 235 Å². The number of H-pyrrole nitrogens is 1. The van der Waals surface area contributed by atoms with Gasteiger partial charge in [-0.25, -0.2) is 19.3 Å². The summed E-state index contributed by atoms with van der Waals surface area (Å²) >= 11 is 0. The number of pyridine rings is 2. The summed E-state index contributed by atoms with van der Waals surface area (Å²) in [6, 6.07) is 17.7. The second-order valence-corrected chi connectivity index (χ2v) is 9.90. The molecule has 41 heavy (non-hydrogen) atoms. The van der Waals surface area contributed by atoms with Crippen molar-refractivity contribution in [2.45, 2.75) is 20.0 Å². The second kappa shape index (κ2) is 10.4. The van der Waals surface area contributed by atoms with E-state index in [0.29, 0.717) is 58.5 Å². The number of aryl methyl sites for hydroxylation is 1. The Morgan fingerprint density at radius 1 is 1.00 bits per heavy atom. The monoisotopic (exact) mass is 543 g/mol. The van der Waals surface area contributed by atoms with Crippen LogP contribution in [0.5, 0.6) is 0 Å². The van der Waals surface area contributed by atoms with E-state index in [1.165, 1.54) is 5.56 Å². The van der Waals surface area contributed by atoms with Crippen molar-refractivity contribution in [2.24, 2.45) is 4.99 Å². The molecule has 10 heteroatoms. The Morgan fingerprint density at radius 3 is 2.73 bits per heavy atom. The van der Waals surface area contributed by atoms with Gasteiger partial charge in [0.05, 0.1) is 16.8 Å². The molecule has 0 radical (unpaired) electrons. The Kier molecular flexibility index (Phi) is 6.29. The summed E-state index contributed by atoms with van der Waals surface area (Å²) in [7, 11) is 0. The van der Waals surface area contributed by atoms with Crippen LogP contribution in [0.1, 0.15) is 28.2 Å². The van der Waals surface area contributed by atoms with Gasteiger partial charge in [0.25, 0.3) is 0 Å². The highest BCUT2D eigenvalue weighted by Gasteiger charge is 2.26. The van der Waals surface area contributed by atoms with Crippen LogP contribution in [-0.4, -0.2) is 41.9 Å². The van der Waals surface area contributed by atoms with Gasteiger partial charge in [0.1, 0.15) is 30.0 Å². The molecule has 0 bridgehead atoms. The zero-order valence-electron chi connectivity index (χ0n) is 22.3. The van der Waals surface area contributed by atoms with Crippen molar-refractivity contribution in [2.75, 3.05) is 12.0 Å². The van der Waals surface area contributed by atoms with Crippen LogP contribution >= 0.6 is 0 Å². The van der Waals surface area contributed by atoms with Gasteiger partial charge in [0.2, 0.25) is 0 Å². The number of nitrogens with zero attached hydrogens (tertiary/aromatic N) is 6. The smallest absolute Gasteiger partial charge is 0.166 e. The maximum absolute atomic E-state index is 16.4. The fourth-order valence-corrected chi connectivity index (χ4v) is 5.09. The lowest BCUT2D eigenvalue weighted by atomic mass is 9.97. The lowest BCUT2D eigenvalue weighted by Gasteiger charge is -2.20. The number of aromatic nitrogens is 6. The standard InChI is InChI=1S/C31H26FN9/c1-19-16-41(18-38-19)31-28-25(9-10-35-31)39-30(40-28)29-26-24(36-17-37-29)8-7-23(27(26)32)22-11-21(14-34-15-22)13-33-12-20-5-3-2-4-6-20/h2-11,14-16,18,33,36H,12-13,17H2,1H3,(H,39,40). The molecule has 202 valence electrons. The summed E-state index contributed by atoms with van der Waals surface area (Å²) in [5.74, 6) is 0.730. The third-order valence-corrected chi connectivity index (χ3v) is 7.05. The van der Waals surface area contributed by atoms with Crippen LogP contribution in [0, 0.1) is 12.7 Å². The molecule has 1 aliphatic rings. The maximum Gasteiger partial charge on any atom is 0.166 e. The van der Waals surface area contributed by atoms with Gasteiger partial charge in [-0.05, 0) is 42.3 Å². The van der Waals surface area contributed by atoms with Gasteiger partial charge in [-0.2, -0.15) is 0 Å². The first-order valence-electron chi connectivity index (χ1n) is 13.3. The number of benzene rings is 2. The van der Waals surface area contributed by atoms with Crippen molar-refractivity contribution in [1.82, 2.24) is 34.8 Å². The van der Waals surface area contributed by atoms with Crippen molar-refractivity contribution in [3.05, 3.63) is 120 Å². The molecule has 0 aliphatic carbocycles. The molecule has 2 aromatic carbocycles. The molecule has 7 rings (SSSR count). The van der Waals surface area contributed by atoms with Gasteiger partial charge < -0.3 is 15.6 Å². The van der Waals surface area contributed by atoms with Crippen molar-refractivity contribution in [1.29, 1.82) is 0 Å². The number of aromatic amines is 1. The molecule has 0 spiro atoms. The van der Waals surface area contributed by atoms with E-state index in [4.69, 9.17) is 4.98 Å². The number of rotatable bonds is 7. The van der Waals surface area contributed by atoms with Crippen LogP contribution in [0.25, 0.3) is 28.0 Å². The van der Waals surface area contributed by atoms with Gasteiger partial charge in [-0.1, -0.05) is 30.3 Å². The molecule has 9 nitrogen and oxygen atoms in total. The largest absolute Gasteiger partial charge is 0.366 e. The molecular weight excluding hydrogens is 517 g/mol. The van der Waals surface area contributed by atoms with Crippen molar-refractivity contribution >= 4 is 22.4 Å². The minimum Gasteiger partial charge on any atom is -0.366 e. The first-order chi connectivity index (χ1) is 20.1. The number of hydrogen-bond acceptors (Lipinski definition) is 7. The number of nitrogens with one attached hydrogen (secondary N) is 3. The molecule has 0 amide bonds. The number of imidazole rings is 2. The van der Waals surface area contributed by atoms with E-state index < -0.39 is 0 Å². The summed E-state index contributed by atoms with van der Waals surface area (Å²) in [6.45, 7) is 3.58. The van der Waals surface area contributed by atoms with E-state index in [2.05, 4.69) is 47.7 Å². The van der Waals surface area contributed by atoms with Gasteiger partial charge in [-0.3, -0.25) is 14.5 Å². The van der Waals surface area contributed by atoms with E-state index in [1.807, 2.05) is 54.1 Å². The van der Waals surface area contributed by atoms with E-state index in [-0.39, 0.29) is 5.82 Å². The van der Waals surface area contributed by atoms with Crippen molar-refractivity contribution in [3.63, 3.8) is 0 Å². The average Bonchev–Trinajstić information content (AvgIpc) is 3.64. The van der Waals surface area contributed by atoms with E-state index in [1.54, 1.807) is 31.0 Å². The molecular formula is C31H26FN9. The van der Waals surface area contributed by atoms with Gasteiger partial charge in [-0.15, -0.1) is 0 Å². The topological polar surface area (TPSA) is 109 Å². The predicted molar refractivity (Wildman–Crippen MR) is 156 cm³/mol. The fraction of sp³-hybridized carbons (Fsp3) is 0.129. The number of fused-ring (bicyclic) bond motifs is 2. The Hall–Kier alpha value is -5.22. The summed E-state index contributed by atoms with van der Waals surface area (Å²) in [6.07, 6.45) is 8.78. The molecule has 0 saturated carbocycles. The SMILES string of the molecule is Cc1cn(-c2nccc3[nH]c(C4=NCNc5ccc(-c6cncc(CNCc7ccccc7)c6)c(F)c54)nc23)cn1. The molecule has 0 atom stereocenters. The molecule has 3 N–H and O–H groups in total. The number of anilines is 1. The van der Waals surface area contributed by atoms with Crippen LogP contribution in [0.3, 0.4) is 0 Å². The Morgan fingerprint density at radius 2 is 1.88 bits per heavy atom. The zero-order valence-corrected chi connectivity index (χ0v) is 22.3. The Bertz CT molecular complexity index is 1910. The summed E-state index contributed by atoms with van der Waals surface area (Å²) in [4.78, 5) is 26.0. The number of halogens is 1. The minimum atomic E-state index is -0.381. The summed E-state index contributed by atoms with van der Waals surface area (Å²) in [5.41, 5.74) is 7.09. The van der Waals surface area contributed by atoms with Crippen LogP contribution in [0.15, 0.2) is 90.7 Å². The lowest BCUT2D eigenvalue weighted by molar-refractivity contribution is 0.628. The van der Waals surface area contributed by atoms with Crippen LogP contribution in [0.2, 0.25) is 0 Å². The summed E-state index contributed by atoms with van der Waals surface area (Å²) in [5, 5.41) is 6.63. The third kappa shape index (κ3) is 4.74. The average molecular weight is 544 g/mol. The van der Waals surface area contributed by atoms with E-state index >= 15 is 4.39 Å². The molecule has 6 aromatic rings. The highest BCUT2D eigenvalue weighted by Crippen LogP contribution is 2.33. The first kappa shape index (κ1) is 24.8. The molecule has 4 aromatic heterocycles. The normalized spacial score (nSPS) is 12.7. The van der Waals surface area contributed by atoms with E-state index in [9.17, 15) is 0 Å². The summed E-state index contributed by atoms with van der Waals surface area (Å²) < 4.78 is 18.2. The quantitative estimate of drug-likeness (QED) is 0.257. The Balaban J connectivity index is 1.22. The van der Waals surface area contributed by atoms with Crippen LogP contribution in [0.4, 0.5) is 10.1 Å². The molecule has 0 unspecified atom stereocenters. The highest BCUT2D eigenvalue weighted by molar-refractivity contribution is 6.16. The second-order valence-electron chi connectivity index (χ2n) is 9.90. The minimum absolute atomic E-state index is 0.314. The van der Waals surface area contributed by atoms with Gasteiger partial charge >= 0.3 is 0 Å². The predicted octanol–water partition coefficient (Wildman–Crippen LogP) is 5.16. The number of hydrogen-bond donors (Lipinski definition) is 3. The molecule has 5 heterocycles. The lowest BCUT2D eigenvalue weighted by Crippen LogP contribution is -2.20. The van der Waals surface area contributed by atoms with Crippen LogP contribution in [-0.2, 0) is 13.1 Å². The van der Waals surface area contributed by atoms with Crippen molar-refractivity contribution in [3.8, 4) is 16.9 Å². The first-order valence-corrected chi connectivity index (χ1v) is 13.3. The van der Waals surface area contributed by atoms with Crippen LogP contribution < -0.4 is 10.6 Å². The molecule has 0 fully saturated rings.